The summed E-state index contributed by atoms with van der Waals surface area (Å²) in [6, 6.07) is 13.9. The summed E-state index contributed by atoms with van der Waals surface area (Å²) in [5, 5.41) is 13.6. The molecule has 1 aliphatic heterocycles. The lowest BCUT2D eigenvalue weighted by atomic mass is 10.1. The topological polar surface area (TPSA) is 50.7 Å². The van der Waals surface area contributed by atoms with E-state index in [9.17, 15) is 5.11 Å². The third kappa shape index (κ3) is 4.03. The molecule has 1 atom stereocenters. The van der Waals surface area contributed by atoms with Crippen LogP contribution in [0, 0.1) is 6.92 Å². The Morgan fingerprint density at radius 1 is 1.13 bits per heavy atom. The van der Waals surface area contributed by atoms with Crippen molar-refractivity contribution in [3.8, 4) is 11.5 Å². The Kier molecular flexibility index (Phi) is 5.16. The van der Waals surface area contributed by atoms with Crippen LogP contribution in [0.3, 0.4) is 0 Å². The Hall–Kier alpha value is -2.04. The number of nitrogens with one attached hydrogen (secondary N) is 1. The lowest BCUT2D eigenvalue weighted by Gasteiger charge is -2.15. The maximum atomic E-state index is 10.3. The average molecular weight is 313 g/mol. The van der Waals surface area contributed by atoms with Gasteiger partial charge in [-0.1, -0.05) is 42.0 Å². The molecule has 0 radical (unpaired) electrons. The molecular formula is C19H23NO3. The van der Waals surface area contributed by atoms with Crippen molar-refractivity contribution >= 4 is 0 Å². The molecule has 2 aromatic rings. The fraction of sp³-hybridized carbons (Fsp3) is 0.368. The van der Waals surface area contributed by atoms with E-state index in [1.54, 1.807) is 0 Å². The smallest absolute Gasteiger partial charge is 0.165 e. The normalized spacial score (nSPS) is 15.0. The van der Waals surface area contributed by atoms with Crippen LogP contribution in [0.5, 0.6) is 11.5 Å². The van der Waals surface area contributed by atoms with Crippen LogP contribution in [0.25, 0.3) is 0 Å². The minimum atomic E-state index is -0.519. The molecule has 0 saturated heterocycles. The Labute approximate surface area is 137 Å². The summed E-state index contributed by atoms with van der Waals surface area (Å²) >= 11 is 0. The number of hydrogen-bond acceptors (Lipinski definition) is 4. The second kappa shape index (κ2) is 7.49. The van der Waals surface area contributed by atoms with Gasteiger partial charge in [0, 0.05) is 25.1 Å². The molecule has 3 rings (SSSR count). The number of rotatable bonds is 5. The summed E-state index contributed by atoms with van der Waals surface area (Å²) in [5.41, 5.74) is 3.14. The third-order valence-electron chi connectivity index (χ3n) is 3.93. The predicted octanol–water partition coefficient (Wildman–Crippen LogP) is 2.98. The van der Waals surface area contributed by atoms with Gasteiger partial charge in [-0.15, -0.1) is 0 Å². The van der Waals surface area contributed by atoms with Crippen molar-refractivity contribution in [3.05, 3.63) is 59.2 Å². The Bertz CT molecular complexity index is 657. The van der Waals surface area contributed by atoms with E-state index in [2.05, 4.69) is 5.32 Å². The number of ether oxygens (including phenoxy) is 2. The van der Waals surface area contributed by atoms with E-state index in [-0.39, 0.29) is 0 Å². The summed E-state index contributed by atoms with van der Waals surface area (Å²) in [6.07, 6.45) is 0.377. The highest BCUT2D eigenvalue weighted by Gasteiger charge is 2.14. The molecule has 0 saturated carbocycles. The molecule has 1 heterocycles. The van der Waals surface area contributed by atoms with Crippen LogP contribution in [0.1, 0.15) is 29.2 Å². The van der Waals surface area contributed by atoms with E-state index in [1.165, 1.54) is 0 Å². The van der Waals surface area contributed by atoms with Crippen LogP contribution in [0.2, 0.25) is 0 Å². The molecule has 1 unspecified atom stereocenters. The van der Waals surface area contributed by atoms with Crippen molar-refractivity contribution in [2.24, 2.45) is 0 Å². The zero-order chi connectivity index (χ0) is 16.1. The molecule has 0 bridgehead atoms. The van der Waals surface area contributed by atoms with E-state index >= 15 is 0 Å². The van der Waals surface area contributed by atoms with Gasteiger partial charge < -0.3 is 19.9 Å². The largest absolute Gasteiger partial charge is 0.490 e. The fourth-order valence-electron chi connectivity index (χ4n) is 2.73. The van der Waals surface area contributed by atoms with Gasteiger partial charge in [0.1, 0.15) is 0 Å². The predicted molar refractivity (Wildman–Crippen MR) is 89.9 cm³/mol. The molecule has 4 nitrogen and oxygen atoms in total. The zero-order valence-electron chi connectivity index (χ0n) is 13.4. The lowest BCUT2D eigenvalue weighted by Crippen LogP contribution is -2.21. The van der Waals surface area contributed by atoms with E-state index in [0.717, 1.165) is 34.6 Å². The highest BCUT2D eigenvalue weighted by Crippen LogP contribution is 2.33. The Morgan fingerprint density at radius 3 is 2.83 bits per heavy atom. The van der Waals surface area contributed by atoms with Crippen LogP contribution < -0.4 is 14.8 Å². The first-order valence-corrected chi connectivity index (χ1v) is 8.07. The fourth-order valence-corrected chi connectivity index (χ4v) is 2.73. The van der Waals surface area contributed by atoms with Gasteiger partial charge >= 0.3 is 0 Å². The first-order chi connectivity index (χ1) is 11.2. The van der Waals surface area contributed by atoms with Gasteiger partial charge in [-0.05, 0) is 18.6 Å². The molecular weight excluding hydrogens is 290 g/mol. The monoisotopic (exact) mass is 313 g/mol. The standard InChI is InChI=1S/C19H23NO3/c1-14-5-2-6-15(11-14)17(21)13-20-12-16-7-3-8-18-19(16)23-10-4-9-22-18/h2-3,5-8,11,17,20-21H,4,9-10,12-13H2,1H3. The molecule has 122 valence electrons. The SMILES string of the molecule is Cc1cccc(C(O)CNCc2cccc3c2OCCCO3)c1. The van der Waals surface area contributed by atoms with E-state index < -0.39 is 6.10 Å². The van der Waals surface area contributed by atoms with E-state index in [0.29, 0.717) is 26.3 Å². The molecule has 2 aromatic carbocycles. The quantitative estimate of drug-likeness (QED) is 0.891. The van der Waals surface area contributed by atoms with Gasteiger partial charge in [-0.3, -0.25) is 0 Å². The minimum absolute atomic E-state index is 0.494. The number of para-hydroxylation sites is 1. The Balaban J connectivity index is 1.61. The molecule has 23 heavy (non-hydrogen) atoms. The summed E-state index contributed by atoms with van der Waals surface area (Å²) in [6.45, 7) is 4.52. The first-order valence-electron chi connectivity index (χ1n) is 8.07. The van der Waals surface area contributed by atoms with Crippen LogP contribution >= 0.6 is 0 Å². The van der Waals surface area contributed by atoms with E-state index in [1.807, 2.05) is 49.4 Å². The van der Waals surface area contributed by atoms with Gasteiger partial charge in [0.15, 0.2) is 11.5 Å². The molecule has 1 aliphatic rings. The molecule has 0 aromatic heterocycles. The molecule has 0 aliphatic carbocycles. The zero-order valence-corrected chi connectivity index (χ0v) is 13.4. The van der Waals surface area contributed by atoms with Crippen molar-refractivity contribution in [2.75, 3.05) is 19.8 Å². The number of aliphatic hydroxyl groups excluding tert-OH is 1. The van der Waals surface area contributed by atoms with Crippen LogP contribution in [-0.4, -0.2) is 24.9 Å². The van der Waals surface area contributed by atoms with Crippen molar-refractivity contribution in [1.82, 2.24) is 5.32 Å². The number of fused-ring (bicyclic) bond motifs is 1. The summed E-state index contributed by atoms with van der Waals surface area (Å²) in [7, 11) is 0. The first kappa shape index (κ1) is 15.8. The van der Waals surface area contributed by atoms with Gasteiger partial charge in [-0.2, -0.15) is 0 Å². The van der Waals surface area contributed by atoms with Crippen molar-refractivity contribution in [1.29, 1.82) is 0 Å². The highest BCUT2D eigenvalue weighted by atomic mass is 16.5. The van der Waals surface area contributed by atoms with Gasteiger partial charge in [0.05, 0.1) is 19.3 Å². The van der Waals surface area contributed by atoms with Crippen LogP contribution in [-0.2, 0) is 6.54 Å². The number of hydrogen-bond donors (Lipinski definition) is 2. The van der Waals surface area contributed by atoms with E-state index in [4.69, 9.17) is 9.47 Å². The summed E-state index contributed by atoms with van der Waals surface area (Å²) in [5.74, 6) is 1.63. The van der Waals surface area contributed by atoms with Crippen LogP contribution in [0.15, 0.2) is 42.5 Å². The molecule has 0 spiro atoms. The lowest BCUT2D eigenvalue weighted by molar-refractivity contribution is 0.174. The summed E-state index contributed by atoms with van der Waals surface area (Å²) < 4.78 is 11.5. The minimum Gasteiger partial charge on any atom is -0.490 e. The van der Waals surface area contributed by atoms with Crippen molar-refractivity contribution in [3.63, 3.8) is 0 Å². The van der Waals surface area contributed by atoms with Crippen LogP contribution in [0.4, 0.5) is 0 Å². The highest BCUT2D eigenvalue weighted by molar-refractivity contribution is 5.47. The third-order valence-corrected chi connectivity index (χ3v) is 3.93. The maximum absolute atomic E-state index is 10.3. The molecule has 4 heteroatoms. The average Bonchev–Trinajstić information content (AvgIpc) is 2.81. The second-order valence-electron chi connectivity index (χ2n) is 5.86. The number of benzene rings is 2. The van der Waals surface area contributed by atoms with Crippen molar-refractivity contribution < 1.29 is 14.6 Å². The maximum Gasteiger partial charge on any atom is 0.165 e. The Morgan fingerprint density at radius 2 is 1.96 bits per heavy atom. The summed E-state index contributed by atoms with van der Waals surface area (Å²) in [4.78, 5) is 0. The molecule has 0 amide bonds. The van der Waals surface area contributed by atoms with Gasteiger partial charge in [-0.25, -0.2) is 0 Å². The van der Waals surface area contributed by atoms with Gasteiger partial charge in [0.2, 0.25) is 0 Å². The van der Waals surface area contributed by atoms with Gasteiger partial charge in [0.25, 0.3) is 0 Å². The second-order valence-corrected chi connectivity index (χ2v) is 5.86. The molecule has 0 fully saturated rings. The number of aryl methyl sites for hydroxylation is 1. The number of aliphatic hydroxyl groups is 1. The van der Waals surface area contributed by atoms with Crippen molar-refractivity contribution in [2.45, 2.75) is 26.0 Å². The molecule has 2 N–H and O–H groups in total.